The van der Waals surface area contributed by atoms with Gasteiger partial charge in [0.1, 0.15) is 0 Å². The minimum absolute atomic E-state index is 0.175. The molecule has 0 bridgehead atoms. The second-order valence-electron chi connectivity index (χ2n) is 5.86. The van der Waals surface area contributed by atoms with Crippen LogP contribution in [0.15, 0.2) is 18.2 Å². The first-order valence-electron chi connectivity index (χ1n) is 6.96. The van der Waals surface area contributed by atoms with E-state index in [4.69, 9.17) is 4.74 Å². The smallest absolute Gasteiger partial charge is 0.167 e. The van der Waals surface area contributed by atoms with E-state index >= 15 is 0 Å². The zero-order valence-corrected chi connectivity index (χ0v) is 11.6. The quantitative estimate of drug-likeness (QED) is 0.907. The summed E-state index contributed by atoms with van der Waals surface area (Å²) in [5.74, 6) is 0.800. The Kier molecular flexibility index (Phi) is 3.13. The fourth-order valence-corrected chi connectivity index (χ4v) is 3.07. The van der Waals surface area contributed by atoms with Crippen LogP contribution in [-0.4, -0.2) is 32.3 Å². The summed E-state index contributed by atoms with van der Waals surface area (Å²) in [6.07, 6.45) is 2.63. The summed E-state index contributed by atoms with van der Waals surface area (Å²) in [6.45, 7) is 5.12. The molecule has 1 unspecified atom stereocenters. The van der Waals surface area contributed by atoms with Crippen molar-refractivity contribution in [2.75, 3.05) is 31.6 Å². The topological polar surface area (TPSA) is 24.5 Å². The molecule has 0 amide bonds. The molecular formula is C15H21FN2O. The minimum atomic E-state index is -0.286. The molecule has 1 heterocycles. The van der Waals surface area contributed by atoms with Gasteiger partial charge in [0.25, 0.3) is 0 Å². The lowest BCUT2D eigenvalue weighted by atomic mass is 9.92. The average Bonchev–Trinajstić information content (AvgIpc) is 3.23. The highest BCUT2D eigenvalue weighted by molar-refractivity contribution is 5.51. The molecule has 3 rings (SSSR count). The van der Waals surface area contributed by atoms with E-state index in [-0.39, 0.29) is 11.4 Å². The Balaban J connectivity index is 1.79. The Morgan fingerprint density at radius 3 is 2.84 bits per heavy atom. The van der Waals surface area contributed by atoms with Gasteiger partial charge in [0, 0.05) is 36.9 Å². The Labute approximate surface area is 113 Å². The number of halogens is 1. The first-order valence-corrected chi connectivity index (χ1v) is 6.96. The van der Waals surface area contributed by atoms with Gasteiger partial charge in [-0.25, -0.2) is 4.39 Å². The summed E-state index contributed by atoms with van der Waals surface area (Å²) in [4.78, 5) is 2.28. The van der Waals surface area contributed by atoms with Crippen LogP contribution in [0.4, 0.5) is 10.1 Å². The van der Waals surface area contributed by atoms with Crippen LogP contribution >= 0.6 is 0 Å². The second kappa shape index (κ2) is 4.67. The number of piperazine rings is 1. The highest BCUT2D eigenvalue weighted by Crippen LogP contribution is 2.41. The van der Waals surface area contributed by atoms with Crippen molar-refractivity contribution in [2.24, 2.45) is 5.92 Å². The third kappa shape index (κ3) is 2.41. The first-order chi connectivity index (χ1) is 9.12. The maximum absolute atomic E-state index is 13.8. The largest absolute Gasteiger partial charge is 0.494 e. The zero-order valence-electron chi connectivity index (χ0n) is 11.6. The molecule has 3 nitrogen and oxygen atoms in total. The van der Waals surface area contributed by atoms with E-state index in [2.05, 4.69) is 17.1 Å². The van der Waals surface area contributed by atoms with Crippen LogP contribution in [0.3, 0.4) is 0 Å². The van der Waals surface area contributed by atoms with Gasteiger partial charge in [0.05, 0.1) is 7.11 Å². The lowest BCUT2D eigenvalue weighted by Crippen LogP contribution is -2.60. The normalized spacial score (nSPS) is 27.4. The van der Waals surface area contributed by atoms with Crippen LogP contribution in [0.1, 0.15) is 19.8 Å². The van der Waals surface area contributed by atoms with E-state index in [0.717, 1.165) is 31.2 Å². The maximum atomic E-state index is 13.8. The summed E-state index contributed by atoms with van der Waals surface area (Å²) in [5.41, 5.74) is 1.13. The molecule has 1 saturated heterocycles. The van der Waals surface area contributed by atoms with Gasteiger partial charge in [-0.2, -0.15) is 0 Å². The summed E-state index contributed by atoms with van der Waals surface area (Å²) >= 11 is 0. The number of rotatable bonds is 3. The molecule has 104 valence electrons. The molecule has 0 aromatic heterocycles. The Hall–Kier alpha value is -1.29. The van der Waals surface area contributed by atoms with Gasteiger partial charge in [-0.3, -0.25) is 0 Å². The molecule has 2 aliphatic rings. The van der Waals surface area contributed by atoms with E-state index < -0.39 is 0 Å². The number of hydrogen-bond acceptors (Lipinski definition) is 3. The van der Waals surface area contributed by atoms with Gasteiger partial charge in [0.2, 0.25) is 0 Å². The second-order valence-corrected chi connectivity index (χ2v) is 5.86. The number of nitrogens with one attached hydrogen (secondary N) is 1. The molecule has 1 N–H and O–H groups in total. The molecule has 19 heavy (non-hydrogen) atoms. The lowest BCUT2D eigenvalue weighted by Gasteiger charge is -2.43. The van der Waals surface area contributed by atoms with Gasteiger partial charge < -0.3 is 15.0 Å². The van der Waals surface area contributed by atoms with Crippen molar-refractivity contribution in [3.63, 3.8) is 0 Å². The highest BCUT2D eigenvalue weighted by Gasteiger charge is 2.43. The van der Waals surface area contributed by atoms with E-state index in [1.807, 2.05) is 6.07 Å². The van der Waals surface area contributed by atoms with E-state index in [1.54, 1.807) is 12.1 Å². The van der Waals surface area contributed by atoms with Gasteiger partial charge >= 0.3 is 0 Å². The Morgan fingerprint density at radius 2 is 2.21 bits per heavy atom. The summed E-state index contributed by atoms with van der Waals surface area (Å²) < 4.78 is 18.8. The predicted octanol–water partition coefficient (Wildman–Crippen LogP) is 2.41. The van der Waals surface area contributed by atoms with E-state index in [9.17, 15) is 4.39 Å². The van der Waals surface area contributed by atoms with Crippen molar-refractivity contribution >= 4 is 5.69 Å². The monoisotopic (exact) mass is 264 g/mol. The number of hydrogen-bond donors (Lipinski definition) is 1. The zero-order chi connectivity index (χ0) is 13.5. The molecule has 0 radical (unpaired) electrons. The number of nitrogens with zero attached hydrogens (tertiary/aromatic N) is 1. The van der Waals surface area contributed by atoms with E-state index in [1.165, 1.54) is 20.0 Å². The lowest BCUT2D eigenvalue weighted by molar-refractivity contribution is 0.285. The minimum Gasteiger partial charge on any atom is -0.494 e. The standard InChI is InChI=1S/C15H21FN2O/c1-15(11-3-4-11)10-18(8-7-17-15)12-5-6-14(19-2)13(16)9-12/h5-6,9,11,17H,3-4,7-8,10H2,1-2H3. The fourth-order valence-electron chi connectivity index (χ4n) is 3.07. The number of benzene rings is 1. The van der Waals surface area contributed by atoms with Crippen LogP contribution < -0.4 is 15.0 Å². The van der Waals surface area contributed by atoms with E-state index in [0.29, 0.717) is 5.75 Å². The Morgan fingerprint density at radius 1 is 1.42 bits per heavy atom. The third-order valence-electron chi connectivity index (χ3n) is 4.41. The molecule has 1 aliphatic carbocycles. The summed E-state index contributed by atoms with van der Waals surface area (Å²) in [6, 6.07) is 5.24. The molecule has 1 atom stereocenters. The number of methoxy groups -OCH3 is 1. The van der Waals surface area contributed by atoms with Gasteiger partial charge in [-0.1, -0.05) is 0 Å². The van der Waals surface area contributed by atoms with Crippen molar-refractivity contribution in [3.05, 3.63) is 24.0 Å². The molecule has 1 aromatic rings. The van der Waals surface area contributed by atoms with Gasteiger partial charge in [-0.15, -0.1) is 0 Å². The average molecular weight is 264 g/mol. The predicted molar refractivity (Wildman–Crippen MR) is 74.3 cm³/mol. The van der Waals surface area contributed by atoms with Crippen molar-refractivity contribution in [2.45, 2.75) is 25.3 Å². The van der Waals surface area contributed by atoms with Crippen LogP contribution in [0.2, 0.25) is 0 Å². The molecule has 1 saturated carbocycles. The Bertz CT molecular complexity index is 475. The van der Waals surface area contributed by atoms with Crippen molar-refractivity contribution in [1.82, 2.24) is 5.32 Å². The van der Waals surface area contributed by atoms with Gasteiger partial charge in [-0.05, 0) is 37.8 Å². The summed E-state index contributed by atoms with van der Waals surface area (Å²) in [7, 11) is 1.49. The highest BCUT2D eigenvalue weighted by atomic mass is 19.1. The molecular weight excluding hydrogens is 243 g/mol. The molecule has 2 fully saturated rings. The molecule has 1 aliphatic heterocycles. The van der Waals surface area contributed by atoms with Crippen molar-refractivity contribution < 1.29 is 9.13 Å². The molecule has 0 spiro atoms. The first kappa shape index (κ1) is 12.7. The van der Waals surface area contributed by atoms with Crippen molar-refractivity contribution in [1.29, 1.82) is 0 Å². The fraction of sp³-hybridized carbons (Fsp3) is 0.600. The van der Waals surface area contributed by atoms with Crippen LogP contribution in [-0.2, 0) is 0 Å². The number of anilines is 1. The van der Waals surface area contributed by atoms with Gasteiger partial charge in [0.15, 0.2) is 11.6 Å². The SMILES string of the molecule is COc1ccc(N2CCNC(C)(C3CC3)C2)cc1F. The van der Waals surface area contributed by atoms with Crippen LogP contribution in [0.5, 0.6) is 5.75 Å². The van der Waals surface area contributed by atoms with Crippen LogP contribution in [0.25, 0.3) is 0 Å². The molecule has 4 heteroatoms. The van der Waals surface area contributed by atoms with Crippen molar-refractivity contribution in [3.8, 4) is 5.75 Å². The molecule has 1 aromatic carbocycles. The summed E-state index contributed by atoms with van der Waals surface area (Å²) in [5, 5.41) is 3.63. The van der Waals surface area contributed by atoms with Crippen LogP contribution in [0, 0.1) is 11.7 Å². The number of ether oxygens (including phenoxy) is 1. The maximum Gasteiger partial charge on any atom is 0.167 e. The third-order valence-corrected chi connectivity index (χ3v) is 4.41.